The number of hydrogen-bond acceptors (Lipinski definition) is 9. The molecule has 6 aromatic rings. The number of aromatic nitrogens is 2. The molecule has 2 aromatic heterocycles. The van der Waals surface area contributed by atoms with Crippen LogP contribution in [-0.4, -0.2) is 130 Å². The fourth-order valence-corrected chi connectivity index (χ4v) is 11.1. The van der Waals surface area contributed by atoms with Crippen LogP contribution >= 0.6 is 23.2 Å². The second-order valence-corrected chi connectivity index (χ2v) is 20.1. The summed E-state index contributed by atoms with van der Waals surface area (Å²) in [7, 11) is 3.61. The molecule has 2 amide bonds. The van der Waals surface area contributed by atoms with Gasteiger partial charge in [0.05, 0.1) is 37.6 Å². The molecule has 0 spiro atoms. The molecular weight excluding hydrogens is 940 g/mol. The van der Waals surface area contributed by atoms with E-state index in [1.54, 1.807) is 62.4 Å². The number of fused-ring (bicyclic) bond motifs is 2. The van der Waals surface area contributed by atoms with E-state index in [0.717, 1.165) is 50.1 Å². The Bertz CT molecular complexity index is 2840. The van der Waals surface area contributed by atoms with Gasteiger partial charge in [0, 0.05) is 134 Å². The number of carbonyl (C=O) groups excluding carboxylic acids is 4. The Labute approximate surface area is 424 Å². The van der Waals surface area contributed by atoms with Crippen LogP contribution in [-0.2, 0) is 54.2 Å². The second kappa shape index (κ2) is 20.6. The summed E-state index contributed by atoms with van der Waals surface area (Å²) in [5.74, 6) is -1.97. The third-order valence-corrected chi connectivity index (χ3v) is 15.5. The summed E-state index contributed by atoms with van der Waals surface area (Å²) in [4.78, 5) is 66.8. The molecule has 0 bridgehead atoms. The average molecular weight is 998 g/mol. The number of rotatable bonds is 10. The zero-order valence-electron chi connectivity index (χ0n) is 40.6. The van der Waals surface area contributed by atoms with Crippen LogP contribution in [0.4, 0.5) is 0 Å². The summed E-state index contributed by atoms with van der Waals surface area (Å²) in [5.41, 5.74) is 9.22. The standard InChI is InChI=1S/C56H58Cl2N6O7/c1-35-47(29-51(59(35)3)49-27-41(57)13-15-45(49)53(65)63-31-39-11-7-5-9-37(39)25-43(63)33-61-17-21-69-22-18-61)55(67)71-56(68)48-30-52(60(4)36(48)2)50-28-42(58)14-16-46(50)54(66)64-32-40-12-8-6-10-38(40)26-44(64)34-62-19-23-70-24-20-62/h5-16,27-30,43-44H,17-26,31-34H2,1-4H3/t43-,44-/m0/s1. The fraction of sp³-hybridized carbons (Fsp3) is 0.357. The first-order chi connectivity index (χ1) is 34.3. The van der Waals surface area contributed by atoms with Crippen molar-refractivity contribution in [2.24, 2.45) is 14.1 Å². The lowest BCUT2D eigenvalue weighted by atomic mass is 9.92. The van der Waals surface area contributed by atoms with Crippen molar-refractivity contribution in [3.63, 3.8) is 0 Å². The summed E-state index contributed by atoms with van der Waals surface area (Å²) in [6.45, 7) is 11.7. The largest absolute Gasteiger partial charge is 0.386 e. The van der Waals surface area contributed by atoms with E-state index in [1.165, 1.54) is 11.1 Å². The topological polar surface area (TPSA) is 119 Å². The van der Waals surface area contributed by atoms with Gasteiger partial charge in [0.1, 0.15) is 0 Å². The molecule has 15 heteroatoms. The first-order valence-electron chi connectivity index (χ1n) is 24.4. The predicted octanol–water partition coefficient (Wildman–Crippen LogP) is 8.42. The molecule has 0 N–H and O–H groups in total. The molecule has 4 aliphatic heterocycles. The molecular formula is C56H58Cl2N6O7. The highest BCUT2D eigenvalue weighted by Crippen LogP contribution is 2.36. The Kier molecular flexibility index (Phi) is 14.1. The lowest BCUT2D eigenvalue weighted by Crippen LogP contribution is -2.52. The minimum absolute atomic E-state index is 0.0792. The summed E-state index contributed by atoms with van der Waals surface area (Å²) in [5, 5.41) is 0.857. The van der Waals surface area contributed by atoms with Gasteiger partial charge in [-0.25, -0.2) is 9.59 Å². The quantitative estimate of drug-likeness (QED) is 0.0985. The number of carbonyl (C=O) groups is 4. The van der Waals surface area contributed by atoms with Crippen LogP contribution in [0.5, 0.6) is 0 Å². The van der Waals surface area contributed by atoms with E-state index in [4.69, 9.17) is 37.4 Å². The van der Waals surface area contributed by atoms with Crippen LogP contribution in [0.1, 0.15) is 75.1 Å². The summed E-state index contributed by atoms with van der Waals surface area (Å²) in [6.07, 6.45) is 1.45. The van der Waals surface area contributed by atoms with Crippen LogP contribution in [0.2, 0.25) is 10.0 Å². The molecule has 2 atom stereocenters. The van der Waals surface area contributed by atoms with E-state index >= 15 is 0 Å². The van der Waals surface area contributed by atoms with Gasteiger partial charge in [-0.3, -0.25) is 19.4 Å². The first kappa shape index (κ1) is 48.6. The third kappa shape index (κ3) is 9.83. The van der Waals surface area contributed by atoms with E-state index in [0.29, 0.717) is 108 Å². The Morgan fingerprint density at radius 2 is 0.915 bits per heavy atom. The molecule has 4 aromatic carbocycles. The SMILES string of the molecule is Cc1c(C(=O)OC(=O)c2cc(-c3cc(Cl)ccc3C(=O)N3Cc4ccccc4C[C@H]3CN3CCOCC3)n(C)c2C)cc(-c2cc(Cl)ccc2C(=O)N2Cc3ccccc3C[C@H]2CN2CCOCC2)n1C. The minimum Gasteiger partial charge on any atom is -0.386 e. The monoisotopic (exact) mass is 996 g/mol. The van der Waals surface area contributed by atoms with Crippen LogP contribution in [0.3, 0.4) is 0 Å². The van der Waals surface area contributed by atoms with Gasteiger partial charge < -0.3 is 33.1 Å². The summed E-state index contributed by atoms with van der Waals surface area (Å²) < 4.78 is 20.6. The van der Waals surface area contributed by atoms with Crippen molar-refractivity contribution < 1.29 is 33.4 Å². The van der Waals surface area contributed by atoms with Crippen LogP contribution < -0.4 is 0 Å². The van der Waals surface area contributed by atoms with Gasteiger partial charge in [0.25, 0.3) is 11.8 Å². The molecule has 71 heavy (non-hydrogen) atoms. The predicted molar refractivity (Wildman–Crippen MR) is 273 cm³/mol. The van der Waals surface area contributed by atoms with Crippen molar-refractivity contribution >= 4 is 47.0 Å². The molecule has 2 saturated heterocycles. The molecule has 0 saturated carbocycles. The van der Waals surface area contributed by atoms with Gasteiger partial charge in [-0.05, 0) is 97.5 Å². The smallest absolute Gasteiger partial charge is 0.347 e. The van der Waals surface area contributed by atoms with Crippen molar-refractivity contribution in [1.82, 2.24) is 28.7 Å². The number of morpholine rings is 2. The lowest BCUT2D eigenvalue weighted by molar-refractivity contribution is 0.0190. The van der Waals surface area contributed by atoms with Crippen LogP contribution in [0, 0.1) is 13.8 Å². The van der Waals surface area contributed by atoms with E-state index in [1.807, 2.05) is 57.3 Å². The molecule has 2 fully saturated rings. The Hall–Kier alpha value is -6.06. The molecule has 0 aliphatic carbocycles. The molecule has 4 aliphatic rings. The molecule has 0 radical (unpaired) electrons. The zero-order valence-corrected chi connectivity index (χ0v) is 42.1. The number of nitrogens with zero attached hydrogens (tertiary/aromatic N) is 6. The number of benzene rings is 4. The van der Waals surface area contributed by atoms with E-state index in [-0.39, 0.29) is 35.0 Å². The van der Waals surface area contributed by atoms with Crippen molar-refractivity contribution in [1.29, 1.82) is 0 Å². The maximum absolute atomic E-state index is 14.9. The maximum Gasteiger partial charge on any atom is 0.347 e. The minimum atomic E-state index is -0.845. The van der Waals surface area contributed by atoms with Crippen LogP contribution in [0.15, 0.2) is 97.1 Å². The Morgan fingerprint density at radius 1 is 0.535 bits per heavy atom. The fourth-order valence-electron chi connectivity index (χ4n) is 10.8. The molecule has 368 valence electrons. The number of hydrogen-bond donors (Lipinski definition) is 0. The van der Waals surface area contributed by atoms with Crippen molar-refractivity contribution in [2.45, 2.75) is 51.9 Å². The number of amides is 2. The highest BCUT2D eigenvalue weighted by Gasteiger charge is 2.36. The Morgan fingerprint density at radius 3 is 1.31 bits per heavy atom. The normalized spacial score (nSPS) is 18.5. The van der Waals surface area contributed by atoms with Crippen molar-refractivity contribution in [2.75, 3.05) is 65.7 Å². The van der Waals surface area contributed by atoms with Gasteiger partial charge >= 0.3 is 11.9 Å². The third-order valence-electron chi connectivity index (χ3n) is 15.0. The van der Waals surface area contributed by atoms with Gasteiger partial charge in [-0.15, -0.1) is 0 Å². The van der Waals surface area contributed by atoms with Gasteiger partial charge in [0.2, 0.25) is 0 Å². The van der Waals surface area contributed by atoms with E-state index in [9.17, 15) is 19.2 Å². The molecule has 10 rings (SSSR count). The number of halogens is 2. The molecule has 13 nitrogen and oxygen atoms in total. The second-order valence-electron chi connectivity index (χ2n) is 19.2. The summed E-state index contributed by atoms with van der Waals surface area (Å²) >= 11 is 13.3. The average Bonchev–Trinajstić information content (AvgIpc) is 3.85. The zero-order chi connectivity index (χ0) is 49.5. The first-order valence-corrected chi connectivity index (χ1v) is 25.1. The van der Waals surface area contributed by atoms with Crippen molar-refractivity contribution in [3.05, 3.63) is 163 Å². The Balaban J connectivity index is 0.912. The van der Waals surface area contributed by atoms with Crippen molar-refractivity contribution in [3.8, 4) is 22.5 Å². The molecule has 6 heterocycles. The van der Waals surface area contributed by atoms with E-state index < -0.39 is 11.9 Å². The molecule has 0 unspecified atom stereocenters. The summed E-state index contributed by atoms with van der Waals surface area (Å²) in [6, 6.07) is 30.1. The van der Waals surface area contributed by atoms with Gasteiger partial charge in [-0.2, -0.15) is 0 Å². The van der Waals surface area contributed by atoms with Gasteiger partial charge in [-0.1, -0.05) is 71.7 Å². The maximum atomic E-state index is 14.9. The number of esters is 2. The highest BCUT2D eigenvalue weighted by molar-refractivity contribution is 6.31. The van der Waals surface area contributed by atoms with Gasteiger partial charge in [0.15, 0.2) is 0 Å². The number of ether oxygens (including phenoxy) is 3. The van der Waals surface area contributed by atoms with Crippen LogP contribution in [0.25, 0.3) is 22.5 Å². The highest BCUT2D eigenvalue weighted by atomic mass is 35.5. The lowest BCUT2D eigenvalue weighted by Gasteiger charge is -2.40. The van der Waals surface area contributed by atoms with E-state index in [2.05, 4.69) is 34.1 Å².